The van der Waals surface area contributed by atoms with Crippen LogP contribution in [-0.4, -0.2) is 47.3 Å². The monoisotopic (exact) mass is 360 g/mol. The number of benzene rings is 1. The summed E-state index contributed by atoms with van der Waals surface area (Å²) in [5.41, 5.74) is 1.64. The van der Waals surface area contributed by atoms with Gasteiger partial charge in [-0.25, -0.2) is 4.39 Å². The molecular weight excluding hydrogens is 331 g/mol. The van der Waals surface area contributed by atoms with Crippen molar-refractivity contribution >= 4 is 11.8 Å². The summed E-state index contributed by atoms with van der Waals surface area (Å²) in [7, 11) is 0. The summed E-state index contributed by atoms with van der Waals surface area (Å²) in [6, 6.07) is 4.62. The number of hydrogen-bond donors (Lipinski definition) is 0. The minimum absolute atomic E-state index is 0.0198. The van der Waals surface area contributed by atoms with E-state index in [2.05, 4.69) is 13.8 Å². The van der Waals surface area contributed by atoms with Gasteiger partial charge in [-0.15, -0.1) is 0 Å². The van der Waals surface area contributed by atoms with Crippen LogP contribution in [0.25, 0.3) is 0 Å². The molecular formula is C21H29FN2O2. The first-order valence-electron chi connectivity index (χ1n) is 9.67. The van der Waals surface area contributed by atoms with E-state index in [1.165, 1.54) is 25.0 Å². The fourth-order valence-electron chi connectivity index (χ4n) is 3.72. The molecule has 2 fully saturated rings. The number of rotatable bonds is 5. The molecule has 2 aliphatic rings. The van der Waals surface area contributed by atoms with Crippen molar-refractivity contribution < 1.29 is 14.0 Å². The summed E-state index contributed by atoms with van der Waals surface area (Å²) in [4.78, 5) is 29.4. The largest absolute Gasteiger partial charge is 0.340 e. The van der Waals surface area contributed by atoms with Crippen molar-refractivity contribution in [2.75, 3.05) is 19.6 Å². The standard InChI is InChI=1S/C21H29FN2O2/c1-14(2)19-13-23(9-8-20(25)24(19)12-16-4-5-16)21(26)11-17-6-7-18(22)10-15(17)3/h6-7,10,14,16,19H,4-5,8-9,11-13H2,1-3H3. The van der Waals surface area contributed by atoms with Crippen LogP contribution in [0.15, 0.2) is 18.2 Å². The SMILES string of the molecule is Cc1cc(F)ccc1CC(=O)N1CCC(=O)N(CC2CC2)C(C(C)C)C1. The lowest BCUT2D eigenvalue weighted by Gasteiger charge is -2.35. The van der Waals surface area contributed by atoms with Gasteiger partial charge in [0.25, 0.3) is 0 Å². The maximum absolute atomic E-state index is 13.3. The van der Waals surface area contributed by atoms with E-state index in [4.69, 9.17) is 0 Å². The van der Waals surface area contributed by atoms with Crippen LogP contribution in [-0.2, 0) is 16.0 Å². The highest BCUT2D eigenvalue weighted by atomic mass is 19.1. The molecule has 1 saturated heterocycles. The minimum atomic E-state index is -0.283. The van der Waals surface area contributed by atoms with Gasteiger partial charge in [0.15, 0.2) is 0 Å². The summed E-state index contributed by atoms with van der Waals surface area (Å²) in [6.07, 6.45) is 3.07. The van der Waals surface area contributed by atoms with Gasteiger partial charge in [-0.2, -0.15) is 0 Å². The van der Waals surface area contributed by atoms with E-state index < -0.39 is 0 Å². The smallest absolute Gasteiger partial charge is 0.227 e. The zero-order valence-corrected chi connectivity index (χ0v) is 16.0. The molecule has 1 aliphatic carbocycles. The van der Waals surface area contributed by atoms with Crippen LogP contribution in [0.1, 0.15) is 44.2 Å². The quantitative estimate of drug-likeness (QED) is 0.809. The average Bonchev–Trinajstić information content (AvgIpc) is 3.40. The van der Waals surface area contributed by atoms with E-state index in [9.17, 15) is 14.0 Å². The van der Waals surface area contributed by atoms with Crippen LogP contribution < -0.4 is 0 Å². The normalized spacial score (nSPS) is 21.3. The van der Waals surface area contributed by atoms with Crippen molar-refractivity contribution in [2.45, 2.75) is 52.5 Å². The number of halogens is 1. The molecule has 1 atom stereocenters. The molecule has 4 nitrogen and oxygen atoms in total. The van der Waals surface area contributed by atoms with Crippen molar-refractivity contribution in [3.05, 3.63) is 35.1 Å². The van der Waals surface area contributed by atoms with Crippen molar-refractivity contribution in [2.24, 2.45) is 11.8 Å². The predicted molar refractivity (Wildman–Crippen MR) is 99.1 cm³/mol. The Morgan fingerprint density at radius 3 is 2.65 bits per heavy atom. The average molecular weight is 360 g/mol. The highest BCUT2D eigenvalue weighted by Crippen LogP contribution is 2.32. The molecule has 1 saturated carbocycles. The maximum Gasteiger partial charge on any atom is 0.227 e. The predicted octanol–water partition coefficient (Wildman–Crippen LogP) is 3.17. The lowest BCUT2D eigenvalue weighted by Crippen LogP contribution is -2.48. The third kappa shape index (κ3) is 4.43. The molecule has 1 aromatic carbocycles. The van der Waals surface area contributed by atoms with Crippen LogP contribution in [0.3, 0.4) is 0 Å². The Bertz CT molecular complexity index is 685. The van der Waals surface area contributed by atoms with Gasteiger partial charge < -0.3 is 9.80 Å². The highest BCUT2D eigenvalue weighted by molar-refractivity contribution is 5.82. The molecule has 1 aliphatic heterocycles. The molecule has 0 N–H and O–H groups in total. The second-order valence-corrected chi connectivity index (χ2v) is 8.14. The number of carbonyl (C=O) groups excluding carboxylic acids is 2. The Hall–Kier alpha value is -1.91. The lowest BCUT2D eigenvalue weighted by molar-refractivity contribution is -0.134. The number of nitrogens with zero attached hydrogens (tertiary/aromatic N) is 2. The zero-order valence-electron chi connectivity index (χ0n) is 16.0. The Kier molecular flexibility index (Phi) is 5.64. The summed E-state index contributed by atoms with van der Waals surface area (Å²) >= 11 is 0. The molecule has 1 aromatic rings. The number of hydrogen-bond acceptors (Lipinski definition) is 2. The molecule has 0 aromatic heterocycles. The Morgan fingerprint density at radius 1 is 1.31 bits per heavy atom. The van der Waals surface area contributed by atoms with Gasteiger partial charge in [-0.05, 0) is 54.9 Å². The van der Waals surface area contributed by atoms with E-state index in [1.54, 1.807) is 6.07 Å². The van der Waals surface area contributed by atoms with E-state index in [0.29, 0.717) is 31.3 Å². The van der Waals surface area contributed by atoms with Gasteiger partial charge in [0, 0.05) is 26.1 Å². The highest BCUT2D eigenvalue weighted by Gasteiger charge is 2.36. The molecule has 26 heavy (non-hydrogen) atoms. The van der Waals surface area contributed by atoms with Crippen LogP contribution in [0, 0.1) is 24.6 Å². The zero-order chi connectivity index (χ0) is 18.8. The first-order chi connectivity index (χ1) is 12.3. The van der Waals surface area contributed by atoms with Crippen LogP contribution in [0.2, 0.25) is 0 Å². The van der Waals surface area contributed by atoms with Crippen molar-refractivity contribution in [1.29, 1.82) is 0 Å². The fourth-order valence-corrected chi connectivity index (χ4v) is 3.72. The van der Waals surface area contributed by atoms with E-state index in [0.717, 1.165) is 17.7 Å². The van der Waals surface area contributed by atoms with Crippen LogP contribution in [0.5, 0.6) is 0 Å². The van der Waals surface area contributed by atoms with Crippen molar-refractivity contribution in [1.82, 2.24) is 9.80 Å². The molecule has 3 rings (SSSR count). The Morgan fingerprint density at radius 2 is 2.04 bits per heavy atom. The number of aryl methyl sites for hydroxylation is 1. The van der Waals surface area contributed by atoms with Gasteiger partial charge in [0.1, 0.15) is 5.82 Å². The number of carbonyl (C=O) groups is 2. The van der Waals surface area contributed by atoms with Crippen LogP contribution in [0.4, 0.5) is 4.39 Å². The van der Waals surface area contributed by atoms with Crippen molar-refractivity contribution in [3.8, 4) is 0 Å². The Balaban J connectivity index is 1.72. The second kappa shape index (κ2) is 7.77. The van der Waals surface area contributed by atoms with Gasteiger partial charge in [0.2, 0.25) is 11.8 Å². The molecule has 0 spiro atoms. The third-order valence-corrected chi connectivity index (χ3v) is 5.64. The molecule has 5 heteroatoms. The molecule has 1 unspecified atom stereocenters. The topological polar surface area (TPSA) is 40.6 Å². The first-order valence-corrected chi connectivity index (χ1v) is 9.67. The molecule has 142 valence electrons. The first kappa shape index (κ1) is 18.9. The minimum Gasteiger partial charge on any atom is -0.340 e. The van der Waals surface area contributed by atoms with Crippen LogP contribution >= 0.6 is 0 Å². The summed E-state index contributed by atoms with van der Waals surface area (Å²) in [5, 5.41) is 0. The molecule has 0 bridgehead atoms. The second-order valence-electron chi connectivity index (χ2n) is 8.14. The van der Waals surface area contributed by atoms with E-state index in [1.807, 2.05) is 16.7 Å². The number of amides is 2. The molecule has 2 amide bonds. The Labute approximate surface area is 155 Å². The maximum atomic E-state index is 13.3. The van der Waals surface area contributed by atoms with Gasteiger partial charge >= 0.3 is 0 Å². The molecule has 0 radical (unpaired) electrons. The third-order valence-electron chi connectivity index (χ3n) is 5.64. The van der Waals surface area contributed by atoms with Crippen molar-refractivity contribution in [3.63, 3.8) is 0 Å². The van der Waals surface area contributed by atoms with E-state index >= 15 is 0 Å². The fraction of sp³-hybridized carbons (Fsp3) is 0.619. The van der Waals surface area contributed by atoms with E-state index in [-0.39, 0.29) is 30.1 Å². The van der Waals surface area contributed by atoms with Gasteiger partial charge in [-0.1, -0.05) is 19.9 Å². The summed E-state index contributed by atoms with van der Waals surface area (Å²) in [5.74, 6) is 0.855. The summed E-state index contributed by atoms with van der Waals surface area (Å²) < 4.78 is 13.3. The van der Waals surface area contributed by atoms with Gasteiger partial charge in [0.05, 0.1) is 12.5 Å². The summed E-state index contributed by atoms with van der Waals surface area (Å²) in [6.45, 7) is 7.97. The lowest BCUT2D eigenvalue weighted by atomic mass is 10.0. The van der Waals surface area contributed by atoms with Gasteiger partial charge in [-0.3, -0.25) is 9.59 Å². The molecule has 1 heterocycles.